The predicted molar refractivity (Wildman–Crippen MR) is 391 cm³/mol. The molecule has 27 nitrogen and oxygen atoms in total. The largest absolute Gasteiger partial charge is 0.497 e. The van der Waals surface area contributed by atoms with E-state index in [1.165, 1.54) is 44.2 Å². The fraction of sp³-hybridized carbons (Fsp3) is 0.288. The minimum atomic E-state index is -0.775. The zero-order valence-electron chi connectivity index (χ0n) is 56.9. The monoisotopic (exact) mass is 1440 g/mol. The number of hydrogen-bond acceptors (Lipinski definition) is 18. The highest BCUT2D eigenvalue weighted by molar-refractivity contribution is 6.31. The van der Waals surface area contributed by atoms with Gasteiger partial charge in [-0.05, 0) is 149 Å². The van der Waals surface area contributed by atoms with E-state index >= 15 is 0 Å². The van der Waals surface area contributed by atoms with Gasteiger partial charge in [-0.1, -0.05) is 65.2 Å². The highest BCUT2D eigenvalue weighted by Crippen LogP contribution is 2.39. The zero-order chi connectivity index (χ0) is 73.5. The Morgan fingerprint density at radius 1 is 0.534 bits per heavy atom. The maximum atomic E-state index is 13.5. The molecule has 10 aromatic rings. The van der Waals surface area contributed by atoms with Crippen LogP contribution in [0.15, 0.2) is 171 Å². The summed E-state index contributed by atoms with van der Waals surface area (Å²) >= 11 is 12.2. The molecule has 0 aliphatic carbocycles. The predicted octanol–water partition coefficient (Wildman–Crippen LogP) is 10.5. The summed E-state index contributed by atoms with van der Waals surface area (Å²) in [6.45, 7) is 7.31. The van der Waals surface area contributed by atoms with E-state index in [1.54, 1.807) is 119 Å². The molecule has 0 saturated carbocycles. The molecule has 4 aromatic heterocycles. The fourth-order valence-electron chi connectivity index (χ4n) is 13.2. The summed E-state index contributed by atoms with van der Waals surface area (Å²) in [5.41, 5.74) is 1.83. The molecule has 13 rings (SSSR count). The molecule has 30 heteroatoms. The van der Waals surface area contributed by atoms with Gasteiger partial charge in [-0.3, -0.25) is 63.7 Å². The fourth-order valence-corrected chi connectivity index (χ4v) is 13.5. The lowest BCUT2D eigenvalue weighted by Crippen LogP contribution is -2.49. The molecule has 534 valence electrons. The second-order valence-corrected chi connectivity index (χ2v) is 26.0. The van der Waals surface area contributed by atoms with Crippen LogP contribution in [0, 0.1) is 43.1 Å². The van der Waals surface area contributed by atoms with Crippen molar-refractivity contribution in [2.75, 3.05) is 121 Å². The van der Waals surface area contributed by atoms with Crippen molar-refractivity contribution >= 4 is 108 Å². The lowest BCUT2D eigenvalue weighted by atomic mass is 10.1. The summed E-state index contributed by atoms with van der Waals surface area (Å²) in [6.07, 6.45) is 2.11. The molecule has 3 amide bonds. The highest BCUT2D eigenvalue weighted by atomic mass is 35.5. The average molecular weight is 1450 g/mol. The van der Waals surface area contributed by atoms with E-state index < -0.39 is 54.3 Å². The maximum Gasteiger partial charge on any atom is 0.357 e. The molecule has 0 bridgehead atoms. The molecule has 0 atom stereocenters. The number of hydrogen-bond donors (Lipinski definition) is 0. The number of fused-ring (bicyclic) bond motifs is 3. The number of halogens is 3. The van der Waals surface area contributed by atoms with E-state index in [1.807, 2.05) is 72.1 Å². The van der Waals surface area contributed by atoms with Gasteiger partial charge in [-0.25, -0.2) is 4.39 Å². The SMILES string of the molecule is COc1ccc(C(=O)N2CCN(c3c([N+](=O)[O-])c(=O)n(CCCN(C)C)c4ccccc34)CC2)cc1.Cc1ccc2c(c1)c(N1CCN(C(=O)c3ccc(Cl)cc3)CC1)c([N+](=O)[O-])c(=O)n2C.O=C(c1ccco1)N1CCN(c2c([N+](=O)[O-])c(=O)n(Cc3ccc(F)cc3)c3ccc(Cl)cc23)CC1. The molecule has 0 N–H and O–H groups in total. The smallest absolute Gasteiger partial charge is 0.357 e. The summed E-state index contributed by atoms with van der Waals surface area (Å²) in [5, 5.41) is 38.9. The van der Waals surface area contributed by atoms with Crippen molar-refractivity contribution in [3.63, 3.8) is 0 Å². The van der Waals surface area contributed by atoms with Gasteiger partial charge < -0.3 is 52.6 Å². The van der Waals surface area contributed by atoms with E-state index in [0.29, 0.717) is 142 Å². The second kappa shape index (κ2) is 31.6. The molecule has 3 fully saturated rings. The third-order valence-corrected chi connectivity index (χ3v) is 18.9. The van der Waals surface area contributed by atoms with Gasteiger partial charge in [0, 0.05) is 129 Å². The Kier molecular flexibility index (Phi) is 22.3. The summed E-state index contributed by atoms with van der Waals surface area (Å²) < 4.78 is 27.9. The van der Waals surface area contributed by atoms with Gasteiger partial charge in [0.05, 0.1) is 51.2 Å². The Balaban J connectivity index is 0.000000155. The first-order valence-corrected chi connectivity index (χ1v) is 33.7. The van der Waals surface area contributed by atoms with Crippen LogP contribution < -0.4 is 36.1 Å². The van der Waals surface area contributed by atoms with Crippen molar-refractivity contribution in [2.45, 2.75) is 26.4 Å². The van der Waals surface area contributed by atoms with E-state index in [9.17, 15) is 63.5 Å². The molecule has 3 aliphatic heterocycles. The molecular weight excluding hydrogens is 1370 g/mol. The number of carbonyl (C=O) groups excluding carboxylic acids is 3. The van der Waals surface area contributed by atoms with Crippen LogP contribution in [-0.4, -0.2) is 172 Å². The van der Waals surface area contributed by atoms with Crippen LogP contribution in [0.1, 0.15) is 48.8 Å². The van der Waals surface area contributed by atoms with Crippen molar-refractivity contribution in [2.24, 2.45) is 7.05 Å². The van der Waals surface area contributed by atoms with Gasteiger partial charge in [0.25, 0.3) is 17.7 Å². The Labute approximate surface area is 598 Å². The molecule has 103 heavy (non-hydrogen) atoms. The number of ether oxygens (including phenoxy) is 1. The lowest BCUT2D eigenvalue weighted by Gasteiger charge is -2.36. The minimum Gasteiger partial charge on any atom is -0.497 e. The van der Waals surface area contributed by atoms with E-state index in [-0.39, 0.29) is 61.9 Å². The highest BCUT2D eigenvalue weighted by Gasteiger charge is 2.36. The van der Waals surface area contributed by atoms with Gasteiger partial charge in [0.2, 0.25) is 0 Å². The average Bonchev–Trinajstić information content (AvgIpc) is 0.832. The van der Waals surface area contributed by atoms with Gasteiger partial charge in [0.1, 0.15) is 28.6 Å². The van der Waals surface area contributed by atoms with Crippen LogP contribution in [0.25, 0.3) is 32.7 Å². The minimum absolute atomic E-state index is 0.0177. The van der Waals surface area contributed by atoms with Gasteiger partial charge >= 0.3 is 33.7 Å². The Morgan fingerprint density at radius 3 is 1.51 bits per heavy atom. The summed E-state index contributed by atoms with van der Waals surface area (Å²) in [7, 11) is 7.01. The first kappa shape index (κ1) is 72.8. The number of furan rings is 1. The first-order valence-electron chi connectivity index (χ1n) is 33.0. The van der Waals surface area contributed by atoms with Crippen molar-refractivity contribution in [3.05, 3.63) is 257 Å². The molecule has 3 saturated heterocycles. The summed E-state index contributed by atoms with van der Waals surface area (Å²) in [5.74, 6) is -0.0176. The normalized spacial score (nSPS) is 14.0. The quantitative estimate of drug-likeness (QED) is 0.0641. The number of para-hydroxylation sites is 1. The topological polar surface area (TPSA) is 292 Å². The molecule has 0 unspecified atom stereocenters. The van der Waals surface area contributed by atoms with Crippen molar-refractivity contribution in [3.8, 4) is 5.75 Å². The first-order chi connectivity index (χ1) is 49.4. The second-order valence-electron chi connectivity index (χ2n) is 25.1. The van der Waals surface area contributed by atoms with Crippen LogP contribution in [0.3, 0.4) is 0 Å². The number of anilines is 3. The zero-order valence-corrected chi connectivity index (χ0v) is 58.4. The molecule has 0 spiro atoms. The number of carbonyl (C=O) groups is 3. The van der Waals surface area contributed by atoms with Crippen molar-refractivity contribution in [1.82, 2.24) is 33.3 Å². The molecule has 3 aliphatic rings. The van der Waals surface area contributed by atoms with Crippen LogP contribution in [0.2, 0.25) is 10.0 Å². The van der Waals surface area contributed by atoms with Crippen LogP contribution in [0.4, 0.5) is 38.5 Å². The third kappa shape index (κ3) is 15.7. The van der Waals surface area contributed by atoms with Crippen molar-refractivity contribution < 1.29 is 42.7 Å². The standard InChI is InChI=1S/C26H31N5O5.C25H20ClFN4O5.C22H21ClN4O4/c1-27(2)13-6-14-30-22-8-5-4-7-21(22)23(24(26(30)33)31(34)35)28-15-17-29(18-16-28)25(32)19-9-11-20(36-3)12-10-19;26-17-5-8-20-19(14-17)22(28-9-11-29(12-10-28)24(32)21-2-1-13-36-21)23(31(34)35)25(33)30(20)15-16-3-6-18(27)7-4-16;1-14-3-8-18-17(13-14)19(20(27(30)31)22(29)24(18)2)25-9-11-26(12-10-25)21(28)15-4-6-16(23)7-5-15/h4-5,7-12H,6,13-18H2,1-3H3;1-8,13-14H,9-12,15H2;3-8,13H,9-12H2,1-2H3. The van der Waals surface area contributed by atoms with Crippen LogP contribution in [0.5, 0.6) is 5.75 Å². The lowest BCUT2D eigenvalue weighted by molar-refractivity contribution is -0.385. The van der Waals surface area contributed by atoms with E-state index in [0.717, 1.165) is 12.1 Å². The van der Waals surface area contributed by atoms with Crippen molar-refractivity contribution in [1.29, 1.82) is 0 Å². The molecule has 7 heterocycles. The number of amides is 3. The number of rotatable bonds is 16. The van der Waals surface area contributed by atoms with Gasteiger partial charge in [-0.15, -0.1) is 0 Å². The summed E-state index contributed by atoms with van der Waals surface area (Å²) in [4.78, 5) is 125. The van der Waals surface area contributed by atoms with Crippen LogP contribution in [-0.2, 0) is 20.1 Å². The molecule has 6 aromatic carbocycles. The van der Waals surface area contributed by atoms with Gasteiger partial charge in [0.15, 0.2) is 5.76 Å². The van der Waals surface area contributed by atoms with Gasteiger partial charge in [-0.2, -0.15) is 0 Å². The maximum absolute atomic E-state index is 13.5. The number of pyridine rings is 3. The third-order valence-electron chi connectivity index (χ3n) is 18.4. The molecule has 0 radical (unpaired) electrons. The Hall–Kier alpha value is -11.5. The number of benzene rings is 6. The number of aromatic nitrogens is 3. The van der Waals surface area contributed by atoms with Crippen LogP contribution >= 0.6 is 23.2 Å². The summed E-state index contributed by atoms with van der Waals surface area (Å²) in [6, 6.07) is 40.2. The number of methoxy groups -OCH3 is 1. The number of nitrogens with zero attached hydrogens (tertiary/aromatic N) is 13. The Bertz CT molecular complexity index is 5070. The number of piperazine rings is 3. The number of aryl methyl sites for hydroxylation is 3. The molecular formula is C73H72Cl2FN13O14. The van der Waals surface area contributed by atoms with E-state index in [2.05, 4.69) is 0 Å². The van der Waals surface area contributed by atoms with E-state index in [4.69, 9.17) is 32.4 Å². The Morgan fingerprint density at radius 2 is 1.00 bits per heavy atom. The number of nitro groups is 3.